The number of likely N-dealkylation sites (tertiary alicyclic amines) is 1. The van der Waals surface area contributed by atoms with Crippen LogP contribution in [0.2, 0.25) is 0 Å². The van der Waals surface area contributed by atoms with E-state index >= 15 is 0 Å². The van der Waals surface area contributed by atoms with Crippen LogP contribution in [-0.4, -0.2) is 59.1 Å². The number of rotatable bonds is 4. The van der Waals surface area contributed by atoms with Gasteiger partial charge in [-0.15, -0.1) is 0 Å². The predicted octanol–water partition coefficient (Wildman–Crippen LogP) is 3.74. The summed E-state index contributed by atoms with van der Waals surface area (Å²) in [5.74, 6) is -0.0242. The lowest BCUT2D eigenvalue weighted by molar-refractivity contribution is -0.138. The molecule has 31 heavy (non-hydrogen) atoms. The van der Waals surface area contributed by atoms with E-state index < -0.39 is 0 Å². The molecule has 2 aliphatic heterocycles. The van der Waals surface area contributed by atoms with Gasteiger partial charge >= 0.3 is 0 Å². The number of nitrogens with zero attached hydrogens (tertiary/aromatic N) is 2. The van der Waals surface area contributed by atoms with Crippen molar-refractivity contribution in [2.24, 2.45) is 0 Å². The third-order valence-corrected chi connectivity index (χ3v) is 6.90. The number of hydrogen-bond acceptors (Lipinski definition) is 3. The fourth-order valence-electron chi connectivity index (χ4n) is 5.01. The maximum atomic E-state index is 13.3. The molecule has 1 aromatic heterocycles. The number of ether oxygens (including phenoxy) is 1. The molecule has 1 N–H and O–H groups in total. The van der Waals surface area contributed by atoms with Crippen molar-refractivity contribution in [3.63, 3.8) is 0 Å². The van der Waals surface area contributed by atoms with Gasteiger partial charge in [0.2, 0.25) is 5.91 Å². The molecule has 5 rings (SSSR count). The lowest BCUT2D eigenvalue weighted by atomic mass is 9.84. The number of para-hydroxylation sites is 1. The minimum Gasteiger partial charge on any atom is -0.378 e. The van der Waals surface area contributed by atoms with Crippen LogP contribution >= 0.6 is 0 Å². The van der Waals surface area contributed by atoms with Gasteiger partial charge in [-0.2, -0.15) is 0 Å². The number of nitrogens with one attached hydrogen (secondary N) is 1. The number of carbonyl (C=O) groups excluding carboxylic acids is 1. The van der Waals surface area contributed by atoms with Crippen molar-refractivity contribution in [2.45, 2.75) is 31.3 Å². The van der Waals surface area contributed by atoms with Crippen LogP contribution in [0.4, 0.5) is 4.39 Å². The first-order valence-corrected chi connectivity index (χ1v) is 11.0. The Balaban J connectivity index is 1.24. The van der Waals surface area contributed by atoms with Gasteiger partial charge in [-0.1, -0.05) is 30.3 Å². The SMILES string of the molecule is O=C(Cc1c[nH]c2ccccc12)N1CCC2(CC1)COCCN2Cc1ccc(F)cc1. The number of H-pyrrole nitrogens is 1. The summed E-state index contributed by atoms with van der Waals surface area (Å²) in [5, 5.41) is 1.12. The normalized spacial score (nSPS) is 19.2. The van der Waals surface area contributed by atoms with Gasteiger partial charge in [0.25, 0.3) is 0 Å². The van der Waals surface area contributed by atoms with Crippen molar-refractivity contribution in [2.75, 3.05) is 32.8 Å². The highest BCUT2D eigenvalue weighted by Crippen LogP contribution is 2.33. The summed E-state index contributed by atoms with van der Waals surface area (Å²) >= 11 is 0. The lowest BCUT2D eigenvalue weighted by Crippen LogP contribution is -2.61. The molecule has 0 atom stereocenters. The molecule has 3 heterocycles. The summed E-state index contributed by atoms with van der Waals surface area (Å²) in [5.41, 5.74) is 3.18. The number of fused-ring (bicyclic) bond motifs is 1. The van der Waals surface area contributed by atoms with Gasteiger partial charge in [0.1, 0.15) is 5.82 Å². The molecule has 162 valence electrons. The Morgan fingerprint density at radius 3 is 2.65 bits per heavy atom. The van der Waals surface area contributed by atoms with Gasteiger partial charge < -0.3 is 14.6 Å². The summed E-state index contributed by atoms with van der Waals surface area (Å²) in [6, 6.07) is 14.9. The number of amides is 1. The van der Waals surface area contributed by atoms with Gasteiger partial charge in [-0.3, -0.25) is 9.69 Å². The van der Waals surface area contributed by atoms with Crippen LogP contribution in [0.1, 0.15) is 24.0 Å². The topological polar surface area (TPSA) is 48.6 Å². The molecule has 2 saturated heterocycles. The largest absolute Gasteiger partial charge is 0.378 e. The Labute approximate surface area is 181 Å². The minimum atomic E-state index is -0.206. The van der Waals surface area contributed by atoms with E-state index in [1.807, 2.05) is 41.4 Å². The number of hydrogen-bond donors (Lipinski definition) is 1. The molecule has 6 heteroatoms. The summed E-state index contributed by atoms with van der Waals surface area (Å²) < 4.78 is 19.2. The molecule has 0 saturated carbocycles. The van der Waals surface area contributed by atoms with E-state index in [0.717, 1.165) is 61.1 Å². The van der Waals surface area contributed by atoms with Crippen molar-refractivity contribution >= 4 is 16.8 Å². The molecule has 0 radical (unpaired) electrons. The molecule has 0 unspecified atom stereocenters. The Morgan fingerprint density at radius 2 is 1.84 bits per heavy atom. The summed E-state index contributed by atoms with van der Waals surface area (Å²) in [7, 11) is 0. The third-order valence-electron chi connectivity index (χ3n) is 6.90. The number of benzene rings is 2. The van der Waals surface area contributed by atoms with Crippen LogP contribution < -0.4 is 0 Å². The van der Waals surface area contributed by atoms with E-state index in [2.05, 4.69) is 16.0 Å². The van der Waals surface area contributed by atoms with Crippen molar-refractivity contribution < 1.29 is 13.9 Å². The first-order chi connectivity index (χ1) is 15.1. The Morgan fingerprint density at radius 1 is 1.06 bits per heavy atom. The monoisotopic (exact) mass is 421 g/mol. The first kappa shape index (κ1) is 20.2. The second-order valence-corrected chi connectivity index (χ2v) is 8.74. The molecule has 1 spiro atoms. The first-order valence-electron chi connectivity index (χ1n) is 11.0. The zero-order chi connectivity index (χ0) is 21.3. The number of aromatic nitrogens is 1. The van der Waals surface area contributed by atoms with Gasteiger partial charge in [-0.05, 0) is 42.2 Å². The molecule has 2 aliphatic rings. The van der Waals surface area contributed by atoms with Crippen LogP contribution in [0.5, 0.6) is 0 Å². The van der Waals surface area contributed by atoms with Crippen molar-refractivity contribution in [1.29, 1.82) is 0 Å². The molecular formula is C25H28FN3O2. The summed E-state index contributed by atoms with van der Waals surface area (Å²) in [6.07, 6.45) is 4.17. The quantitative estimate of drug-likeness (QED) is 0.698. The average Bonchev–Trinajstić information content (AvgIpc) is 3.20. The lowest BCUT2D eigenvalue weighted by Gasteiger charge is -2.51. The van der Waals surface area contributed by atoms with E-state index in [9.17, 15) is 9.18 Å². The van der Waals surface area contributed by atoms with E-state index in [-0.39, 0.29) is 17.3 Å². The number of carbonyl (C=O) groups is 1. The maximum absolute atomic E-state index is 13.3. The standard InChI is InChI=1S/C25H28FN3O2/c26-21-7-5-19(6-8-21)17-29-13-14-31-18-25(29)9-11-28(12-10-25)24(30)15-20-16-27-23-4-2-1-3-22(20)23/h1-8,16,27H,9-15,17-18H2. The van der Waals surface area contributed by atoms with Crippen LogP contribution in [-0.2, 0) is 22.5 Å². The van der Waals surface area contributed by atoms with Crippen LogP contribution in [0.25, 0.3) is 10.9 Å². The van der Waals surface area contributed by atoms with Crippen molar-refractivity contribution in [1.82, 2.24) is 14.8 Å². The highest BCUT2D eigenvalue weighted by atomic mass is 19.1. The number of aromatic amines is 1. The third kappa shape index (κ3) is 4.10. The van der Waals surface area contributed by atoms with Gasteiger partial charge in [0, 0.05) is 48.8 Å². The molecule has 2 fully saturated rings. The smallest absolute Gasteiger partial charge is 0.227 e. The Bertz CT molecular complexity index is 1050. The maximum Gasteiger partial charge on any atom is 0.227 e. The average molecular weight is 422 g/mol. The molecule has 0 bridgehead atoms. The zero-order valence-corrected chi connectivity index (χ0v) is 17.6. The Hall–Kier alpha value is -2.70. The molecule has 0 aliphatic carbocycles. The molecule has 5 nitrogen and oxygen atoms in total. The minimum absolute atomic E-state index is 0.0514. The summed E-state index contributed by atoms with van der Waals surface area (Å²) in [4.78, 5) is 20.7. The highest BCUT2D eigenvalue weighted by molar-refractivity contribution is 5.88. The molecular weight excluding hydrogens is 393 g/mol. The van der Waals surface area contributed by atoms with E-state index in [4.69, 9.17) is 4.74 Å². The van der Waals surface area contributed by atoms with Crippen LogP contribution in [0.15, 0.2) is 54.7 Å². The molecule has 3 aromatic rings. The predicted molar refractivity (Wildman–Crippen MR) is 118 cm³/mol. The van der Waals surface area contributed by atoms with E-state index in [1.54, 1.807) is 0 Å². The van der Waals surface area contributed by atoms with Crippen molar-refractivity contribution in [3.05, 3.63) is 71.7 Å². The fraction of sp³-hybridized carbons (Fsp3) is 0.400. The van der Waals surface area contributed by atoms with E-state index in [0.29, 0.717) is 19.6 Å². The second-order valence-electron chi connectivity index (χ2n) is 8.74. The van der Waals surface area contributed by atoms with Crippen LogP contribution in [0, 0.1) is 5.82 Å². The van der Waals surface area contributed by atoms with Crippen molar-refractivity contribution in [3.8, 4) is 0 Å². The summed E-state index contributed by atoms with van der Waals surface area (Å²) in [6.45, 7) is 4.54. The number of piperidine rings is 1. The van der Waals surface area contributed by atoms with E-state index in [1.165, 1.54) is 12.1 Å². The van der Waals surface area contributed by atoms with Gasteiger partial charge in [0.15, 0.2) is 0 Å². The Kier molecular flexibility index (Phi) is 5.50. The van der Waals surface area contributed by atoms with Gasteiger partial charge in [0.05, 0.1) is 19.6 Å². The number of morpholine rings is 1. The molecule has 2 aromatic carbocycles. The molecule has 1 amide bonds. The van der Waals surface area contributed by atoms with Crippen LogP contribution in [0.3, 0.4) is 0 Å². The zero-order valence-electron chi connectivity index (χ0n) is 17.6. The second kappa shape index (κ2) is 8.44. The number of halogens is 1. The fourth-order valence-corrected chi connectivity index (χ4v) is 5.01. The highest BCUT2D eigenvalue weighted by Gasteiger charge is 2.42. The van der Waals surface area contributed by atoms with Gasteiger partial charge in [-0.25, -0.2) is 4.39 Å².